The Morgan fingerprint density at radius 2 is 1.95 bits per heavy atom. The van der Waals surface area contributed by atoms with Gasteiger partial charge in [-0.3, -0.25) is 0 Å². The van der Waals surface area contributed by atoms with Crippen LogP contribution in [0, 0.1) is 13.8 Å². The second-order valence-electron chi connectivity index (χ2n) is 4.47. The van der Waals surface area contributed by atoms with Gasteiger partial charge in [-0.25, -0.2) is 4.98 Å². The summed E-state index contributed by atoms with van der Waals surface area (Å²) in [5.74, 6) is 1.38. The number of hydrogen-bond donors (Lipinski definition) is 1. The van der Waals surface area contributed by atoms with Crippen LogP contribution in [0.2, 0.25) is 5.02 Å². The second kappa shape index (κ2) is 6.04. The molecule has 0 aliphatic rings. The zero-order valence-corrected chi connectivity index (χ0v) is 12.1. The fraction of sp³-hybridized carbons (Fsp3) is 0.267. The lowest BCUT2D eigenvalue weighted by Crippen LogP contribution is -2.07. The normalized spacial score (nSPS) is 10.5. The number of rotatable bonds is 4. The molecule has 0 aliphatic heterocycles. The highest BCUT2D eigenvalue weighted by molar-refractivity contribution is 6.32. The minimum absolute atomic E-state index is 0.623. The number of hydrogen-bond acceptors (Lipinski definition) is 3. The highest BCUT2D eigenvalue weighted by Crippen LogP contribution is 2.29. The third kappa shape index (κ3) is 3.25. The van der Waals surface area contributed by atoms with Gasteiger partial charge in [-0.05, 0) is 50.2 Å². The first-order chi connectivity index (χ1) is 9.11. The number of nitrogens with one attached hydrogen (secondary N) is 1. The first kappa shape index (κ1) is 13.8. The van der Waals surface area contributed by atoms with E-state index in [-0.39, 0.29) is 0 Å². The van der Waals surface area contributed by atoms with Gasteiger partial charge in [0.05, 0.1) is 0 Å². The predicted molar refractivity (Wildman–Crippen MR) is 78.0 cm³/mol. The van der Waals surface area contributed by atoms with E-state index in [4.69, 9.17) is 16.3 Å². The van der Waals surface area contributed by atoms with E-state index in [1.54, 1.807) is 6.20 Å². The molecule has 3 nitrogen and oxygen atoms in total. The number of aryl methyl sites for hydroxylation is 2. The van der Waals surface area contributed by atoms with Crippen molar-refractivity contribution < 1.29 is 4.74 Å². The van der Waals surface area contributed by atoms with E-state index < -0.39 is 0 Å². The van der Waals surface area contributed by atoms with Gasteiger partial charge in [0.1, 0.15) is 5.75 Å². The molecule has 0 fully saturated rings. The molecule has 19 heavy (non-hydrogen) atoms. The molecule has 0 aliphatic carbocycles. The number of nitrogens with zero attached hydrogens (tertiary/aromatic N) is 1. The third-order valence-electron chi connectivity index (χ3n) is 2.84. The summed E-state index contributed by atoms with van der Waals surface area (Å²) < 4.78 is 5.87. The van der Waals surface area contributed by atoms with E-state index in [2.05, 4.69) is 10.3 Å². The van der Waals surface area contributed by atoms with Gasteiger partial charge in [-0.15, -0.1) is 0 Å². The first-order valence-electron chi connectivity index (χ1n) is 6.15. The van der Waals surface area contributed by atoms with Gasteiger partial charge in [-0.2, -0.15) is 0 Å². The van der Waals surface area contributed by atoms with Crippen LogP contribution in [0.4, 0.5) is 0 Å². The minimum atomic E-state index is 0.623. The molecule has 1 N–H and O–H groups in total. The maximum atomic E-state index is 6.15. The molecule has 0 saturated heterocycles. The summed E-state index contributed by atoms with van der Waals surface area (Å²) in [4.78, 5) is 4.28. The van der Waals surface area contributed by atoms with Crippen molar-refractivity contribution in [2.75, 3.05) is 7.05 Å². The van der Waals surface area contributed by atoms with Crippen molar-refractivity contribution >= 4 is 11.6 Å². The Balaban J connectivity index is 2.31. The Kier molecular flexibility index (Phi) is 4.40. The van der Waals surface area contributed by atoms with Crippen LogP contribution in [-0.4, -0.2) is 12.0 Å². The Labute approximate surface area is 118 Å². The maximum Gasteiger partial charge on any atom is 0.223 e. The largest absolute Gasteiger partial charge is 0.439 e. The second-order valence-corrected chi connectivity index (χ2v) is 4.85. The van der Waals surface area contributed by atoms with E-state index in [1.165, 1.54) is 0 Å². The smallest absolute Gasteiger partial charge is 0.223 e. The third-order valence-corrected chi connectivity index (χ3v) is 3.44. The van der Waals surface area contributed by atoms with Crippen LogP contribution in [0.15, 0.2) is 30.5 Å². The van der Waals surface area contributed by atoms with Crippen LogP contribution < -0.4 is 10.1 Å². The minimum Gasteiger partial charge on any atom is -0.439 e. The van der Waals surface area contributed by atoms with Gasteiger partial charge < -0.3 is 10.1 Å². The fourth-order valence-electron chi connectivity index (χ4n) is 1.92. The molecule has 1 aromatic heterocycles. The zero-order valence-electron chi connectivity index (χ0n) is 11.3. The van der Waals surface area contributed by atoms with E-state index in [0.29, 0.717) is 12.4 Å². The molecule has 0 unspecified atom stereocenters. The summed E-state index contributed by atoms with van der Waals surface area (Å²) in [6.07, 6.45) is 1.73. The average Bonchev–Trinajstić information content (AvgIpc) is 2.38. The number of aromatic nitrogens is 1. The molecule has 0 spiro atoms. The van der Waals surface area contributed by atoms with Crippen LogP contribution in [-0.2, 0) is 6.54 Å². The Morgan fingerprint density at radius 1 is 1.26 bits per heavy atom. The standard InChI is InChI=1S/C15H17ClN2O/c1-10-7-13(8-11(2)14(10)16)19-15-12(9-17-3)5-4-6-18-15/h4-8,17H,9H2,1-3H3. The van der Waals surface area contributed by atoms with E-state index >= 15 is 0 Å². The quantitative estimate of drug-likeness (QED) is 0.921. The Morgan fingerprint density at radius 3 is 2.58 bits per heavy atom. The summed E-state index contributed by atoms with van der Waals surface area (Å²) in [6.45, 7) is 4.65. The van der Waals surface area contributed by atoms with Crippen LogP contribution in [0.3, 0.4) is 0 Å². The van der Waals surface area contributed by atoms with Gasteiger partial charge in [0, 0.05) is 23.3 Å². The molecule has 100 valence electrons. The monoisotopic (exact) mass is 276 g/mol. The number of halogens is 1. The molecular weight excluding hydrogens is 260 g/mol. The van der Waals surface area contributed by atoms with Crippen LogP contribution >= 0.6 is 11.6 Å². The lowest BCUT2D eigenvalue weighted by Gasteiger charge is -2.11. The van der Waals surface area contributed by atoms with Crippen LogP contribution in [0.5, 0.6) is 11.6 Å². The van der Waals surface area contributed by atoms with Gasteiger partial charge in [0.2, 0.25) is 5.88 Å². The Hall–Kier alpha value is -1.58. The highest BCUT2D eigenvalue weighted by atomic mass is 35.5. The molecule has 4 heteroatoms. The van der Waals surface area contributed by atoms with Crippen molar-refractivity contribution in [2.24, 2.45) is 0 Å². The molecule has 2 aromatic rings. The molecule has 1 heterocycles. The number of pyridine rings is 1. The molecule has 0 atom stereocenters. The maximum absolute atomic E-state index is 6.15. The molecule has 0 saturated carbocycles. The molecule has 2 rings (SSSR count). The summed E-state index contributed by atoms with van der Waals surface area (Å²) in [7, 11) is 1.90. The summed E-state index contributed by atoms with van der Waals surface area (Å²) in [5, 5.41) is 3.88. The summed E-state index contributed by atoms with van der Waals surface area (Å²) in [6, 6.07) is 7.74. The van der Waals surface area contributed by atoms with Crippen LogP contribution in [0.25, 0.3) is 0 Å². The topological polar surface area (TPSA) is 34.2 Å². The summed E-state index contributed by atoms with van der Waals surface area (Å²) >= 11 is 6.15. The zero-order chi connectivity index (χ0) is 13.8. The van der Waals surface area contributed by atoms with Gasteiger partial charge in [0.15, 0.2) is 0 Å². The van der Waals surface area contributed by atoms with Crippen molar-refractivity contribution in [1.29, 1.82) is 0 Å². The van der Waals surface area contributed by atoms with Crippen molar-refractivity contribution in [2.45, 2.75) is 20.4 Å². The molecule has 0 amide bonds. The molecule has 1 aromatic carbocycles. The fourth-order valence-corrected chi connectivity index (χ4v) is 2.03. The van der Waals surface area contributed by atoms with Gasteiger partial charge in [-0.1, -0.05) is 17.7 Å². The van der Waals surface area contributed by atoms with Crippen molar-refractivity contribution in [1.82, 2.24) is 10.3 Å². The van der Waals surface area contributed by atoms with E-state index in [0.717, 1.165) is 27.5 Å². The lowest BCUT2D eigenvalue weighted by atomic mass is 10.1. The average molecular weight is 277 g/mol. The Bertz CT molecular complexity index is 561. The lowest BCUT2D eigenvalue weighted by molar-refractivity contribution is 0.453. The molecule has 0 radical (unpaired) electrons. The number of ether oxygens (including phenoxy) is 1. The van der Waals surface area contributed by atoms with Crippen molar-refractivity contribution in [3.8, 4) is 11.6 Å². The SMILES string of the molecule is CNCc1cccnc1Oc1cc(C)c(Cl)c(C)c1. The van der Waals surface area contributed by atoms with Crippen molar-refractivity contribution in [3.63, 3.8) is 0 Å². The summed E-state index contributed by atoms with van der Waals surface area (Å²) in [5.41, 5.74) is 3.03. The first-order valence-corrected chi connectivity index (χ1v) is 6.52. The van der Waals surface area contributed by atoms with Crippen LogP contribution in [0.1, 0.15) is 16.7 Å². The number of benzene rings is 1. The van der Waals surface area contributed by atoms with E-state index in [9.17, 15) is 0 Å². The highest BCUT2D eigenvalue weighted by Gasteiger charge is 2.08. The predicted octanol–water partition coefficient (Wildman–Crippen LogP) is 3.86. The molecular formula is C15H17ClN2O. The van der Waals surface area contributed by atoms with Gasteiger partial charge >= 0.3 is 0 Å². The van der Waals surface area contributed by atoms with Crippen molar-refractivity contribution in [3.05, 3.63) is 52.2 Å². The van der Waals surface area contributed by atoms with Gasteiger partial charge in [0.25, 0.3) is 0 Å². The molecule has 0 bridgehead atoms. The van der Waals surface area contributed by atoms with E-state index in [1.807, 2.05) is 45.2 Å².